The molecule has 0 aliphatic carbocycles. The standard InChI is InChI=1S/C13H27N3O3/c1-7-16(10(4)8-15(5)6)13(19)14-11(9(2)3)12(17)18/h9-11H,7-8H2,1-6H3,(H,14,19)(H,17,18)/t10?,11-/m0/s1. The van der Waals surface area contributed by atoms with Gasteiger partial charge in [0.15, 0.2) is 0 Å². The van der Waals surface area contributed by atoms with Crippen LogP contribution in [0.15, 0.2) is 0 Å². The minimum Gasteiger partial charge on any atom is -0.480 e. The van der Waals surface area contributed by atoms with Gasteiger partial charge in [-0.05, 0) is 33.9 Å². The average molecular weight is 273 g/mol. The first-order valence-corrected chi connectivity index (χ1v) is 6.65. The number of hydrogen-bond donors (Lipinski definition) is 2. The van der Waals surface area contributed by atoms with Crippen molar-refractivity contribution in [1.29, 1.82) is 0 Å². The van der Waals surface area contributed by atoms with E-state index in [1.54, 1.807) is 18.7 Å². The normalized spacial score (nSPS) is 14.3. The molecule has 0 aliphatic rings. The van der Waals surface area contributed by atoms with Crippen molar-refractivity contribution in [3.05, 3.63) is 0 Å². The molecule has 112 valence electrons. The summed E-state index contributed by atoms with van der Waals surface area (Å²) in [4.78, 5) is 26.9. The molecule has 0 saturated heterocycles. The number of carbonyl (C=O) groups excluding carboxylic acids is 1. The van der Waals surface area contributed by atoms with Crippen LogP contribution in [0, 0.1) is 5.92 Å². The SMILES string of the molecule is CCN(C(=O)N[C@H](C(=O)O)C(C)C)C(C)CN(C)C. The van der Waals surface area contributed by atoms with Crippen LogP contribution in [0.5, 0.6) is 0 Å². The van der Waals surface area contributed by atoms with Crippen molar-refractivity contribution in [2.75, 3.05) is 27.2 Å². The number of carboxylic acid groups (broad SMARTS) is 1. The zero-order valence-corrected chi connectivity index (χ0v) is 12.8. The molecule has 0 bridgehead atoms. The average Bonchev–Trinajstić information content (AvgIpc) is 2.24. The summed E-state index contributed by atoms with van der Waals surface area (Å²) in [6.07, 6.45) is 0. The fourth-order valence-electron chi connectivity index (χ4n) is 2.01. The molecule has 6 heteroatoms. The van der Waals surface area contributed by atoms with Crippen LogP contribution in [0.2, 0.25) is 0 Å². The van der Waals surface area contributed by atoms with E-state index in [2.05, 4.69) is 5.32 Å². The van der Waals surface area contributed by atoms with Gasteiger partial charge in [-0.15, -0.1) is 0 Å². The minimum atomic E-state index is -1.00. The fourth-order valence-corrected chi connectivity index (χ4v) is 2.01. The number of amides is 2. The summed E-state index contributed by atoms with van der Waals surface area (Å²) in [6.45, 7) is 8.67. The molecular formula is C13H27N3O3. The van der Waals surface area contributed by atoms with E-state index >= 15 is 0 Å². The molecule has 0 aromatic rings. The lowest BCUT2D eigenvalue weighted by Gasteiger charge is -2.31. The quantitative estimate of drug-likeness (QED) is 0.728. The number of nitrogens with one attached hydrogen (secondary N) is 1. The van der Waals surface area contributed by atoms with Gasteiger partial charge < -0.3 is 20.2 Å². The topological polar surface area (TPSA) is 72.9 Å². The van der Waals surface area contributed by atoms with Crippen molar-refractivity contribution < 1.29 is 14.7 Å². The predicted molar refractivity (Wildman–Crippen MR) is 75.2 cm³/mol. The maximum absolute atomic E-state index is 12.1. The summed E-state index contributed by atoms with van der Waals surface area (Å²) in [5.41, 5.74) is 0. The van der Waals surface area contributed by atoms with E-state index in [9.17, 15) is 9.59 Å². The van der Waals surface area contributed by atoms with Crippen LogP contribution in [-0.4, -0.2) is 66.2 Å². The summed E-state index contributed by atoms with van der Waals surface area (Å²) in [5, 5.41) is 11.7. The van der Waals surface area contributed by atoms with Crippen molar-refractivity contribution in [3.63, 3.8) is 0 Å². The van der Waals surface area contributed by atoms with Crippen LogP contribution in [-0.2, 0) is 4.79 Å². The monoisotopic (exact) mass is 273 g/mol. The molecule has 0 fully saturated rings. The molecule has 0 aromatic carbocycles. The van der Waals surface area contributed by atoms with Gasteiger partial charge in [0.25, 0.3) is 0 Å². The molecular weight excluding hydrogens is 246 g/mol. The Balaban J connectivity index is 4.71. The van der Waals surface area contributed by atoms with Crippen LogP contribution >= 0.6 is 0 Å². The smallest absolute Gasteiger partial charge is 0.326 e. The van der Waals surface area contributed by atoms with Gasteiger partial charge in [0.2, 0.25) is 0 Å². The van der Waals surface area contributed by atoms with E-state index in [1.807, 2.05) is 32.8 Å². The highest BCUT2D eigenvalue weighted by Gasteiger charge is 2.27. The fraction of sp³-hybridized carbons (Fsp3) is 0.846. The Morgan fingerprint density at radius 2 is 1.74 bits per heavy atom. The molecule has 2 amide bonds. The lowest BCUT2D eigenvalue weighted by Crippen LogP contribution is -2.53. The van der Waals surface area contributed by atoms with Gasteiger partial charge >= 0.3 is 12.0 Å². The van der Waals surface area contributed by atoms with E-state index in [0.29, 0.717) is 6.54 Å². The van der Waals surface area contributed by atoms with Crippen LogP contribution in [0.3, 0.4) is 0 Å². The van der Waals surface area contributed by atoms with Crippen molar-refractivity contribution in [2.24, 2.45) is 5.92 Å². The van der Waals surface area contributed by atoms with Gasteiger partial charge in [-0.3, -0.25) is 0 Å². The summed E-state index contributed by atoms with van der Waals surface area (Å²) in [5.74, 6) is -1.15. The molecule has 0 heterocycles. The molecule has 1 unspecified atom stereocenters. The number of likely N-dealkylation sites (N-methyl/N-ethyl adjacent to an activating group) is 2. The predicted octanol–water partition coefficient (Wildman–Crippen LogP) is 1.08. The van der Waals surface area contributed by atoms with E-state index < -0.39 is 12.0 Å². The van der Waals surface area contributed by atoms with Gasteiger partial charge in [-0.2, -0.15) is 0 Å². The zero-order valence-electron chi connectivity index (χ0n) is 12.8. The van der Waals surface area contributed by atoms with Crippen LogP contribution in [0.1, 0.15) is 27.7 Å². The van der Waals surface area contributed by atoms with Gasteiger partial charge in [0.05, 0.1) is 0 Å². The highest BCUT2D eigenvalue weighted by molar-refractivity contribution is 5.82. The van der Waals surface area contributed by atoms with Crippen LogP contribution in [0.4, 0.5) is 4.79 Å². The Kier molecular flexibility index (Phi) is 7.44. The highest BCUT2D eigenvalue weighted by atomic mass is 16.4. The first-order chi connectivity index (χ1) is 8.70. The van der Waals surface area contributed by atoms with Crippen LogP contribution in [0.25, 0.3) is 0 Å². The number of carbonyl (C=O) groups is 2. The molecule has 0 saturated carbocycles. The third-order valence-electron chi connectivity index (χ3n) is 2.97. The number of aliphatic carboxylic acids is 1. The second-order valence-electron chi connectivity index (χ2n) is 5.41. The molecule has 0 spiro atoms. The molecule has 0 aliphatic heterocycles. The van der Waals surface area contributed by atoms with Crippen molar-refractivity contribution in [3.8, 4) is 0 Å². The summed E-state index contributed by atoms with van der Waals surface area (Å²) in [6, 6.07) is -1.15. The largest absolute Gasteiger partial charge is 0.480 e. The third-order valence-corrected chi connectivity index (χ3v) is 2.97. The lowest BCUT2D eigenvalue weighted by molar-refractivity contribution is -0.140. The molecule has 0 rings (SSSR count). The molecule has 0 aromatic heterocycles. The maximum atomic E-state index is 12.1. The number of nitrogens with zero attached hydrogens (tertiary/aromatic N) is 2. The highest BCUT2D eigenvalue weighted by Crippen LogP contribution is 2.06. The second-order valence-corrected chi connectivity index (χ2v) is 5.41. The Labute approximate surface area is 115 Å². The maximum Gasteiger partial charge on any atom is 0.326 e. The number of hydrogen-bond acceptors (Lipinski definition) is 3. The second kappa shape index (κ2) is 7.99. The van der Waals surface area contributed by atoms with Gasteiger partial charge in [-0.25, -0.2) is 9.59 Å². The lowest BCUT2D eigenvalue weighted by atomic mass is 10.1. The summed E-state index contributed by atoms with van der Waals surface area (Å²) < 4.78 is 0. The number of urea groups is 1. The van der Waals surface area contributed by atoms with E-state index in [4.69, 9.17) is 5.11 Å². The van der Waals surface area contributed by atoms with Crippen molar-refractivity contribution >= 4 is 12.0 Å². The first kappa shape index (κ1) is 17.7. The van der Waals surface area contributed by atoms with Crippen LogP contribution < -0.4 is 5.32 Å². The Morgan fingerprint density at radius 3 is 2.05 bits per heavy atom. The minimum absolute atomic E-state index is 0.0293. The molecule has 2 atom stereocenters. The van der Waals surface area contributed by atoms with E-state index in [1.165, 1.54) is 0 Å². The van der Waals surface area contributed by atoms with Crippen molar-refractivity contribution in [1.82, 2.24) is 15.1 Å². The molecule has 19 heavy (non-hydrogen) atoms. The summed E-state index contributed by atoms with van der Waals surface area (Å²) in [7, 11) is 3.88. The third kappa shape index (κ3) is 5.92. The number of rotatable bonds is 7. The van der Waals surface area contributed by atoms with E-state index in [0.717, 1.165) is 6.54 Å². The van der Waals surface area contributed by atoms with Gasteiger partial charge in [-0.1, -0.05) is 13.8 Å². The molecule has 2 N–H and O–H groups in total. The Morgan fingerprint density at radius 1 is 1.21 bits per heavy atom. The molecule has 0 radical (unpaired) electrons. The zero-order chi connectivity index (χ0) is 15.2. The number of carboxylic acids is 1. The van der Waals surface area contributed by atoms with Gasteiger partial charge in [0, 0.05) is 19.1 Å². The van der Waals surface area contributed by atoms with Crippen molar-refractivity contribution in [2.45, 2.75) is 39.8 Å². The Bertz CT molecular complexity index is 306. The van der Waals surface area contributed by atoms with E-state index in [-0.39, 0.29) is 18.0 Å². The van der Waals surface area contributed by atoms with Gasteiger partial charge in [0.1, 0.15) is 6.04 Å². The first-order valence-electron chi connectivity index (χ1n) is 6.65. The Hall–Kier alpha value is -1.30. The molecule has 6 nitrogen and oxygen atoms in total. The summed E-state index contributed by atoms with van der Waals surface area (Å²) >= 11 is 0.